The van der Waals surface area contributed by atoms with E-state index in [1.165, 1.54) is 6.07 Å². The molecule has 0 atom stereocenters. The van der Waals surface area contributed by atoms with E-state index in [-0.39, 0.29) is 12.1 Å². The molecule has 0 N–H and O–H groups in total. The second-order valence-electron chi connectivity index (χ2n) is 5.38. The number of ether oxygens (including phenoxy) is 1. The van der Waals surface area contributed by atoms with E-state index in [1.807, 2.05) is 0 Å². The lowest BCUT2D eigenvalue weighted by Gasteiger charge is -2.19. The summed E-state index contributed by atoms with van der Waals surface area (Å²) in [6, 6.07) is 12.0. The SMILES string of the molecule is Fc1cc(-c2ccccc2)ccc1C(F)(F)Oc1cc(F)c(F)c(F)c1. The maximum absolute atomic E-state index is 14.2. The molecule has 0 aliphatic rings. The van der Waals surface area contributed by atoms with Gasteiger partial charge >= 0.3 is 6.11 Å². The second-order valence-corrected chi connectivity index (χ2v) is 5.38. The van der Waals surface area contributed by atoms with Crippen LogP contribution in [0.15, 0.2) is 60.7 Å². The van der Waals surface area contributed by atoms with E-state index >= 15 is 0 Å². The Labute approximate surface area is 144 Å². The maximum atomic E-state index is 14.2. The molecule has 134 valence electrons. The zero-order chi connectivity index (χ0) is 18.9. The lowest BCUT2D eigenvalue weighted by molar-refractivity contribution is -0.187. The van der Waals surface area contributed by atoms with Crippen molar-refractivity contribution in [3.05, 3.63) is 89.5 Å². The molecule has 0 fully saturated rings. The Morgan fingerprint density at radius 3 is 1.85 bits per heavy atom. The molecule has 26 heavy (non-hydrogen) atoms. The van der Waals surface area contributed by atoms with E-state index in [0.717, 1.165) is 12.1 Å². The number of halogens is 6. The van der Waals surface area contributed by atoms with E-state index in [2.05, 4.69) is 4.74 Å². The Morgan fingerprint density at radius 1 is 0.654 bits per heavy atom. The Kier molecular flexibility index (Phi) is 4.63. The molecule has 3 rings (SSSR count). The Hall–Kier alpha value is -2.96. The summed E-state index contributed by atoms with van der Waals surface area (Å²) in [6.45, 7) is 0. The fourth-order valence-corrected chi connectivity index (χ4v) is 2.36. The Bertz CT molecular complexity index is 917. The molecule has 0 amide bonds. The molecule has 0 unspecified atom stereocenters. The molecule has 7 heteroatoms. The lowest BCUT2D eigenvalue weighted by atomic mass is 10.0. The van der Waals surface area contributed by atoms with Crippen LogP contribution in [-0.4, -0.2) is 0 Å². The summed E-state index contributed by atoms with van der Waals surface area (Å²) in [6.07, 6.45) is -4.23. The van der Waals surface area contributed by atoms with Crippen molar-refractivity contribution in [3.63, 3.8) is 0 Å². The van der Waals surface area contributed by atoms with Crippen molar-refractivity contribution in [2.45, 2.75) is 6.11 Å². The molecule has 3 aromatic rings. The molecule has 0 radical (unpaired) electrons. The standard InChI is InChI=1S/C19H10F6O/c20-15-8-12(11-4-2-1-3-5-11)6-7-14(15)19(24,25)26-13-9-16(21)18(23)17(22)10-13/h1-10H. The van der Waals surface area contributed by atoms with Gasteiger partial charge in [-0.3, -0.25) is 0 Å². The van der Waals surface area contributed by atoms with E-state index < -0.39 is 40.7 Å². The van der Waals surface area contributed by atoms with Crippen molar-refractivity contribution >= 4 is 0 Å². The minimum Gasteiger partial charge on any atom is -0.429 e. The van der Waals surface area contributed by atoms with E-state index in [1.54, 1.807) is 30.3 Å². The normalized spacial score (nSPS) is 11.5. The third-order valence-corrected chi connectivity index (χ3v) is 3.59. The van der Waals surface area contributed by atoms with Gasteiger partial charge in [0.15, 0.2) is 17.5 Å². The summed E-state index contributed by atoms with van der Waals surface area (Å²) >= 11 is 0. The average Bonchev–Trinajstić information content (AvgIpc) is 2.59. The number of alkyl halides is 2. The van der Waals surface area contributed by atoms with Gasteiger partial charge in [0.25, 0.3) is 0 Å². The second kappa shape index (κ2) is 6.74. The zero-order valence-corrected chi connectivity index (χ0v) is 12.9. The van der Waals surface area contributed by atoms with Crippen LogP contribution >= 0.6 is 0 Å². The molecule has 0 saturated carbocycles. The van der Waals surface area contributed by atoms with Gasteiger partial charge < -0.3 is 4.74 Å². The number of hydrogen-bond acceptors (Lipinski definition) is 1. The predicted octanol–water partition coefficient (Wildman–Crippen LogP) is 6.04. The molecule has 1 nitrogen and oxygen atoms in total. The van der Waals surface area contributed by atoms with Gasteiger partial charge in [-0.15, -0.1) is 0 Å². The van der Waals surface area contributed by atoms with Gasteiger partial charge in [-0.05, 0) is 23.3 Å². The van der Waals surface area contributed by atoms with Crippen molar-refractivity contribution < 1.29 is 31.1 Å². The number of hydrogen-bond donors (Lipinski definition) is 0. The van der Waals surface area contributed by atoms with Crippen LogP contribution in [0.25, 0.3) is 11.1 Å². The molecule has 0 aromatic heterocycles. The summed E-state index contributed by atoms with van der Waals surface area (Å²) in [5, 5.41) is 0. The van der Waals surface area contributed by atoms with Crippen LogP contribution in [0.3, 0.4) is 0 Å². The van der Waals surface area contributed by atoms with Crippen LogP contribution in [0.5, 0.6) is 5.75 Å². The summed E-state index contributed by atoms with van der Waals surface area (Å²) in [4.78, 5) is 0. The van der Waals surface area contributed by atoms with E-state index in [9.17, 15) is 26.3 Å². The van der Waals surface area contributed by atoms with Crippen LogP contribution in [0, 0.1) is 23.3 Å². The highest BCUT2D eigenvalue weighted by Gasteiger charge is 2.38. The molecule has 3 aromatic carbocycles. The van der Waals surface area contributed by atoms with Gasteiger partial charge in [0.1, 0.15) is 11.6 Å². The first-order valence-electron chi connectivity index (χ1n) is 7.35. The molecule has 0 spiro atoms. The third kappa shape index (κ3) is 3.51. The van der Waals surface area contributed by atoms with Crippen LogP contribution in [0.2, 0.25) is 0 Å². The lowest BCUT2D eigenvalue weighted by Crippen LogP contribution is -2.23. The van der Waals surface area contributed by atoms with Crippen molar-refractivity contribution in [2.24, 2.45) is 0 Å². The number of rotatable bonds is 4. The summed E-state index contributed by atoms with van der Waals surface area (Å²) in [7, 11) is 0. The minimum absolute atomic E-state index is 0.253. The van der Waals surface area contributed by atoms with E-state index in [0.29, 0.717) is 11.1 Å². The fourth-order valence-electron chi connectivity index (χ4n) is 2.36. The van der Waals surface area contributed by atoms with Crippen LogP contribution in [-0.2, 0) is 6.11 Å². The van der Waals surface area contributed by atoms with Crippen LogP contribution in [0.4, 0.5) is 26.3 Å². The highest BCUT2D eigenvalue weighted by Crippen LogP contribution is 2.35. The summed E-state index contributed by atoms with van der Waals surface area (Å²) < 4.78 is 85.9. The highest BCUT2D eigenvalue weighted by molar-refractivity contribution is 5.63. The molecule has 0 bridgehead atoms. The van der Waals surface area contributed by atoms with Gasteiger partial charge in [0.05, 0.1) is 5.56 Å². The molecule has 0 aliphatic heterocycles. The number of benzene rings is 3. The monoisotopic (exact) mass is 368 g/mol. The Balaban J connectivity index is 1.92. The van der Waals surface area contributed by atoms with Gasteiger partial charge in [-0.25, -0.2) is 17.6 Å². The highest BCUT2D eigenvalue weighted by atomic mass is 19.3. The van der Waals surface area contributed by atoms with Crippen LogP contribution < -0.4 is 4.74 Å². The molecular weight excluding hydrogens is 358 g/mol. The zero-order valence-electron chi connectivity index (χ0n) is 12.9. The quantitative estimate of drug-likeness (QED) is 0.403. The van der Waals surface area contributed by atoms with E-state index in [4.69, 9.17) is 0 Å². The summed E-state index contributed by atoms with van der Waals surface area (Å²) in [5.74, 6) is -7.46. The van der Waals surface area contributed by atoms with Crippen molar-refractivity contribution in [1.82, 2.24) is 0 Å². The van der Waals surface area contributed by atoms with Gasteiger partial charge in [-0.1, -0.05) is 36.4 Å². The van der Waals surface area contributed by atoms with Crippen molar-refractivity contribution in [1.29, 1.82) is 0 Å². The van der Waals surface area contributed by atoms with Gasteiger partial charge in [0.2, 0.25) is 0 Å². The molecule has 0 saturated heterocycles. The summed E-state index contributed by atoms with van der Waals surface area (Å²) in [5.41, 5.74) is -0.145. The Morgan fingerprint density at radius 2 is 1.27 bits per heavy atom. The predicted molar refractivity (Wildman–Crippen MR) is 82.7 cm³/mol. The molecule has 0 heterocycles. The maximum Gasteiger partial charge on any atom is 0.429 e. The minimum atomic E-state index is -4.23. The smallest absolute Gasteiger partial charge is 0.429 e. The van der Waals surface area contributed by atoms with Crippen molar-refractivity contribution in [2.75, 3.05) is 0 Å². The first-order chi connectivity index (χ1) is 12.3. The van der Waals surface area contributed by atoms with Crippen LogP contribution in [0.1, 0.15) is 5.56 Å². The average molecular weight is 368 g/mol. The van der Waals surface area contributed by atoms with Gasteiger partial charge in [0, 0.05) is 12.1 Å². The topological polar surface area (TPSA) is 9.23 Å². The van der Waals surface area contributed by atoms with Crippen molar-refractivity contribution in [3.8, 4) is 16.9 Å². The first kappa shape index (κ1) is 17.8. The fraction of sp³-hybridized carbons (Fsp3) is 0.0526. The van der Waals surface area contributed by atoms with Gasteiger partial charge in [-0.2, -0.15) is 8.78 Å². The molecule has 0 aliphatic carbocycles. The largest absolute Gasteiger partial charge is 0.429 e. The third-order valence-electron chi connectivity index (χ3n) is 3.59. The first-order valence-corrected chi connectivity index (χ1v) is 7.35. The molecular formula is C19H10F6O.